The zero-order valence-electron chi connectivity index (χ0n) is 10.7. The Balaban J connectivity index is 2.25. The number of nitrogens with zero attached hydrogens (tertiary/aromatic N) is 1. The van der Waals surface area contributed by atoms with Crippen molar-refractivity contribution in [1.82, 2.24) is 4.90 Å². The van der Waals surface area contributed by atoms with Crippen LogP contribution in [0.4, 0.5) is 0 Å². The number of amides is 1. The number of hydrogen-bond donors (Lipinski definition) is 2. The molecule has 1 rings (SSSR count). The summed E-state index contributed by atoms with van der Waals surface area (Å²) in [6.45, 7) is 3.23. The van der Waals surface area contributed by atoms with E-state index < -0.39 is 5.97 Å². The lowest BCUT2D eigenvalue weighted by molar-refractivity contribution is -0.145. The number of carboxylic acids is 1. The molecular formula is C12H21NO4S. The lowest BCUT2D eigenvalue weighted by Crippen LogP contribution is -2.41. The van der Waals surface area contributed by atoms with Crippen molar-refractivity contribution in [3.8, 4) is 0 Å². The number of likely N-dealkylation sites (tertiary alicyclic amines) is 1. The van der Waals surface area contributed by atoms with Crippen LogP contribution in [-0.4, -0.2) is 57.7 Å². The molecule has 104 valence electrons. The van der Waals surface area contributed by atoms with E-state index in [0.29, 0.717) is 38.1 Å². The van der Waals surface area contributed by atoms with Crippen LogP contribution in [0.5, 0.6) is 0 Å². The van der Waals surface area contributed by atoms with Gasteiger partial charge >= 0.3 is 5.97 Å². The van der Waals surface area contributed by atoms with Gasteiger partial charge in [-0.1, -0.05) is 6.92 Å². The first-order valence-electron chi connectivity index (χ1n) is 6.27. The highest BCUT2D eigenvalue weighted by molar-refractivity contribution is 8.00. The van der Waals surface area contributed by atoms with Crippen molar-refractivity contribution < 1.29 is 19.8 Å². The summed E-state index contributed by atoms with van der Waals surface area (Å²) in [5.41, 5.74) is 0. The Bertz CT molecular complexity index is 290. The summed E-state index contributed by atoms with van der Waals surface area (Å²) < 4.78 is 0. The van der Waals surface area contributed by atoms with Crippen LogP contribution in [0.2, 0.25) is 0 Å². The van der Waals surface area contributed by atoms with Gasteiger partial charge in [-0.2, -0.15) is 0 Å². The molecule has 1 aliphatic heterocycles. The third kappa shape index (κ3) is 4.86. The molecule has 18 heavy (non-hydrogen) atoms. The van der Waals surface area contributed by atoms with E-state index in [9.17, 15) is 9.59 Å². The quantitative estimate of drug-likeness (QED) is 0.750. The standard InChI is InChI=1S/C12H21NO4S/c1-9(4-7-14)18-8-11(15)13-5-2-10(3-6-13)12(16)17/h9-10,14H,2-8H2,1H3,(H,16,17). The van der Waals surface area contributed by atoms with Crippen LogP contribution in [0.1, 0.15) is 26.2 Å². The van der Waals surface area contributed by atoms with Gasteiger partial charge in [0.05, 0.1) is 11.7 Å². The Morgan fingerprint density at radius 3 is 2.50 bits per heavy atom. The highest BCUT2D eigenvalue weighted by Crippen LogP contribution is 2.19. The molecule has 0 radical (unpaired) electrons. The van der Waals surface area contributed by atoms with E-state index in [0.717, 1.165) is 0 Å². The smallest absolute Gasteiger partial charge is 0.306 e. The second kappa shape index (κ2) is 7.63. The van der Waals surface area contributed by atoms with Gasteiger partial charge in [0.1, 0.15) is 0 Å². The monoisotopic (exact) mass is 275 g/mol. The van der Waals surface area contributed by atoms with E-state index in [1.165, 1.54) is 0 Å². The van der Waals surface area contributed by atoms with Crippen LogP contribution in [0.15, 0.2) is 0 Å². The first-order valence-corrected chi connectivity index (χ1v) is 7.32. The minimum atomic E-state index is -0.756. The zero-order chi connectivity index (χ0) is 13.5. The highest BCUT2D eigenvalue weighted by atomic mass is 32.2. The van der Waals surface area contributed by atoms with Crippen molar-refractivity contribution in [1.29, 1.82) is 0 Å². The van der Waals surface area contributed by atoms with Crippen LogP contribution in [-0.2, 0) is 9.59 Å². The number of aliphatic hydroxyl groups is 1. The zero-order valence-corrected chi connectivity index (χ0v) is 11.5. The Morgan fingerprint density at radius 1 is 1.39 bits per heavy atom. The summed E-state index contributed by atoms with van der Waals surface area (Å²) in [6.07, 6.45) is 1.80. The van der Waals surface area contributed by atoms with E-state index in [1.54, 1.807) is 16.7 Å². The molecule has 1 fully saturated rings. The van der Waals surface area contributed by atoms with E-state index in [-0.39, 0.29) is 23.7 Å². The SMILES string of the molecule is CC(CCO)SCC(=O)N1CCC(C(=O)O)CC1. The maximum Gasteiger partial charge on any atom is 0.306 e. The number of aliphatic carboxylic acids is 1. The Kier molecular flexibility index (Phi) is 6.49. The van der Waals surface area contributed by atoms with Crippen LogP contribution in [0, 0.1) is 5.92 Å². The topological polar surface area (TPSA) is 77.8 Å². The molecule has 1 unspecified atom stereocenters. The second-order valence-electron chi connectivity index (χ2n) is 4.63. The van der Waals surface area contributed by atoms with E-state index in [1.807, 2.05) is 6.92 Å². The summed E-state index contributed by atoms with van der Waals surface area (Å²) >= 11 is 1.54. The van der Waals surface area contributed by atoms with Gasteiger partial charge in [-0.25, -0.2) is 0 Å². The molecule has 0 saturated carbocycles. The number of thioether (sulfide) groups is 1. The largest absolute Gasteiger partial charge is 0.481 e. The number of carboxylic acid groups (broad SMARTS) is 1. The molecule has 1 saturated heterocycles. The van der Waals surface area contributed by atoms with Crippen molar-refractivity contribution in [3.63, 3.8) is 0 Å². The second-order valence-corrected chi connectivity index (χ2v) is 6.05. The van der Waals surface area contributed by atoms with Gasteiger partial charge in [0.25, 0.3) is 0 Å². The number of piperidine rings is 1. The predicted octanol–water partition coefficient (Wildman–Crippen LogP) is 0.814. The average molecular weight is 275 g/mol. The van der Waals surface area contributed by atoms with Crippen LogP contribution < -0.4 is 0 Å². The van der Waals surface area contributed by atoms with Gasteiger partial charge in [-0.05, 0) is 19.3 Å². The fourth-order valence-corrected chi connectivity index (χ4v) is 2.83. The van der Waals surface area contributed by atoms with Crippen molar-refractivity contribution in [2.24, 2.45) is 5.92 Å². The predicted molar refractivity (Wildman–Crippen MR) is 70.6 cm³/mol. The highest BCUT2D eigenvalue weighted by Gasteiger charge is 2.26. The van der Waals surface area contributed by atoms with E-state index in [2.05, 4.69) is 0 Å². The molecular weight excluding hydrogens is 254 g/mol. The molecule has 0 aromatic rings. The van der Waals surface area contributed by atoms with E-state index in [4.69, 9.17) is 10.2 Å². The van der Waals surface area contributed by atoms with Crippen molar-refractivity contribution in [3.05, 3.63) is 0 Å². The molecule has 0 aromatic heterocycles. The number of carbonyl (C=O) groups is 2. The molecule has 0 bridgehead atoms. The minimum absolute atomic E-state index is 0.0774. The Hall–Kier alpha value is -0.750. The maximum atomic E-state index is 11.9. The maximum absolute atomic E-state index is 11.9. The number of rotatable bonds is 6. The molecule has 1 amide bonds. The van der Waals surface area contributed by atoms with E-state index >= 15 is 0 Å². The molecule has 6 heteroatoms. The van der Waals surface area contributed by atoms with Crippen LogP contribution in [0.25, 0.3) is 0 Å². The molecule has 0 aromatic carbocycles. The lowest BCUT2D eigenvalue weighted by atomic mass is 9.97. The third-order valence-corrected chi connectivity index (χ3v) is 4.44. The van der Waals surface area contributed by atoms with Gasteiger partial charge in [-0.15, -0.1) is 11.8 Å². The van der Waals surface area contributed by atoms with Gasteiger partial charge in [0.2, 0.25) is 5.91 Å². The van der Waals surface area contributed by atoms with Crippen molar-refractivity contribution in [2.45, 2.75) is 31.4 Å². The summed E-state index contributed by atoms with van der Waals surface area (Å²) in [5.74, 6) is -0.560. The number of hydrogen-bond acceptors (Lipinski definition) is 4. The molecule has 1 atom stereocenters. The summed E-state index contributed by atoms with van der Waals surface area (Å²) in [6, 6.07) is 0. The van der Waals surface area contributed by atoms with Gasteiger partial charge in [0.15, 0.2) is 0 Å². The first kappa shape index (κ1) is 15.3. The minimum Gasteiger partial charge on any atom is -0.481 e. The Morgan fingerprint density at radius 2 is 2.00 bits per heavy atom. The van der Waals surface area contributed by atoms with Crippen molar-refractivity contribution >= 4 is 23.6 Å². The van der Waals surface area contributed by atoms with Crippen molar-refractivity contribution in [2.75, 3.05) is 25.4 Å². The summed E-state index contributed by atoms with van der Waals surface area (Å²) in [7, 11) is 0. The van der Waals surface area contributed by atoms with Gasteiger partial charge in [-0.3, -0.25) is 9.59 Å². The summed E-state index contributed by atoms with van der Waals surface area (Å²) in [4.78, 5) is 24.4. The fourth-order valence-electron chi connectivity index (χ4n) is 1.95. The normalized spacial score (nSPS) is 18.7. The lowest BCUT2D eigenvalue weighted by Gasteiger charge is -2.30. The third-order valence-electron chi connectivity index (χ3n) is 3.22. The number of carbonyl (C=O) groups excluding carboxylic acids is 1. The molecule has 0 aliphatic carbocycles. The van der Waals surface area contributed by atoms with Gasteiger partial charge in [0, 0.05) is 24.9 Å². The number of aliphatic hydroxyl groups excluding tert-OH is 1. The molecule has 5 nitrogen and oxygen atoms in total. The molecule has 0 spiro atoms. The average Bonchev–Trinajstić information content (AvgIpc) is 2.36. The molecule has 2 N–H and O–H groups in total. The fraction of sp³-hybridized carbons (Fsp3) is 0.833. The summed E-state index contributed by atoms with van der Waals surface area (Å²) in [5, 5.41) is 17.9. The van der Waals surface area contributed by atoms with Crippen LogP contribution in [0.3, 0.4) is 0 Å². The molecule has 1 heterocycles. The van der Waals surface area contributed by atoms with Gasteiger partial charge < -0.3 is 15.1 Å². The molecule has 1 aliphatic rings. The Labute approximate surface area is 112 Å². The first-order chi connectivity index (χ1) is 8.54. The van der Waals surface area contributed by atoms with Crippen LogP contribution >= 0.6 is 11.8 Å².